The molecule has 0 aliphatic heterocycles. The van der Waals surface area contributed by atoms with Crippen molar-refractivity contribution in [2.75, 3.05) is 13.6 Å². The smallest absolute Gasteiger partial charge is 0.222 e. The van der Waals surface area contributed by atoms with E-state index in [0.717, 1.165) is 30.2 Å². The van der Waals surface area contributed by atoms with Crippen LogP contribution in [0.4, 0.5) is 4.39 Å². The molecule has 0 fully saturated rings. The van der Waals surface area contributed by atoms with Gasteiger partial charge in [-0.25, -0.2) is 4.39 Å². The van der Waals surface area contributed by atoms with Crippen LogP contribution < -0.4 is 5.73 Å². The Kier molecular flexibility index (Phi) is 10.6. The van der Waals surface area contributed by atoms with Gasteiger partial charge in [0.25, 0.3) is 0 Å². The molecule has 3 nitrogen and oxygen atoms in total. The molecule has 2 N–H and O–H groups in total. The van der Waals surface area contributed by atoms with Crippen molar-refractivity contribution in [3.63, 3.8) is 0 Å². The quantitative estimate of drug-likeness (QED) is 0.695. The molecule has 0 aliphatic carbocycles. The first-order valence-electron chi connectivity index (χ1n) is 6.92. The summed E-state index contributed by atoms with van der Waals surface area (Å²) < 4.78 is 14.4. The molecule has 0 spiro atoms. The average Bonchev–Trinajstić information content (AvgIpc) is 2.42. The minimum absolute atomic E-state index is 0. The highest BCUT2D eigenvalue weighted by molar-refractivity contribution is 9.10. The maximum Gasteiger partial charge on any atom is 0.222 e. The molecule has 1 amide bonds. The fourth-order valence-electron chi connectivity index (χ4n) is 1.97. The summed E-state index contributed by atoms with van der Waals surface area (Å²) in [5.41, 5.74) is 5.94. The first-order chi connectivity index (χ1) is 9.54. The van der Waals surface area contributed by atoms with Crippen LogP contribution in [0.15, 0.2) is 22.7 Å². The van der Waals surface area contributed by atoms with Gasteiger partial charge in [-0.05, 0) is 37.6 Å². The van der Waals surface area contributed by atoms with Crippen molar-refractivity contribution in [3.8, 4) is 0 Å². The van der Waals surface area contributed by atoms with Crippen LogP contribution >= 0.6 is 28.3 Å². The Morgan fingerprint density at radius 3 is 2.62 bits per heavy atom. The van der Waals surface area contributed by atoms with Gasteiger partial charge in [0.1, 0.15) is 5.82 Å². The number of hydrogen-bond donors (Lipinski definition) is 1. The molecule has 0 unspecified atom stereocenters. The Morgan fingerprint density at radius 1 is 1.29 bits per heavy atom. The van der Waals surface area contributed by atoms with Crippen LogP contribution in [0.3, 0.4) is 0 Å². The molecular weight excluding hydrogens is 359 g/mol. The Hall–Kier alpha value is -0.650. The summed E-state index contributed by atoms with van der Waals surface area (Å²) in [6.07, 6.45) is 4.46. The third kappa shape index (κ3) is 7.79. The summed E-state index contributed by atoms with van der Waals surface area (Å²) in [4.78, 5) is 13.5. The van der Waals surface area contributed by atoms with Gasteiger partial charge in [0.05, 0.1) is 0 Å². The highest BCUT2D eigenvalue weighted by atomic mass is 79.9. The minimum atomic E-state index is -0.282. The molecule has 0 saturated carbocycles. The van der Waals surface area contributed by atoms with E-state index in [9.17, 15) is 9.18 Å². The zero-order chi connectivity index (χ0) is 15.0. The molecular formula is C15H23BrClFN2O. The Morgan fingerprint density at radius 2 is 1.95 bits per heavy atom. The largest absolute Gasteiger partial charge is 0.341 e. The SMILES string of the molecule is CN(Cc1cc(Br)ccc1F)C(=O)CCCCCCN.Cl. The van der Waals surface area contributed by atoms with E-state index in [-0.39, 0.29) is 24.1 Å². The summed E-state index contributed by atoms with van der Waals surface area (Å²) in [6.45, 7) is 1.00. The number of benzene rings is 1. The average molecular weight is 382 g/mol. The third-order valence-corrected chi connectivity index (χ3v) is 3.68. The van der Waals surface area contributed by atoms with E-state index in [1.54, 1.807) is 24.1 Å². The highest BCUT2D eigenvalue weighted by Crippen LogP contribution is 2.17. The summed E-state index contributed by atoms with van der Waals surface area (Å²) >= 11 is 3.31. The second kappa shape index (κ2) is 11.0. The maximum absolute atomic E-state index is 13.6. The second-order valence-corrected chi connectivity index (χ2v) is 5.85. The van der Waals surface area contributed by atoms with E-state index in [1.807, 2.05) is 0 Å². The monoisotopic (exact) mass is 380 g/mol. The van der Waals surface area contributed by atoms with E-state index in [1.165, 1.54) is 6.07 Å². The summed E-state index contributed by atoms with van der Waals surface area (Å²) in [6, 6.07) is 4.77. The molecule has 0 heterocycles. The Bertz CT molecular complexity index is 446. The van der Waals surface area contributed by atoms with E-state index in [4.69, 9.17) is 5.73 Å². The van der Waals surface area contributed by atoms with E-state index < -0.39 is 0 Å². The van der Waals surface area contributed by atoms with Crippen molar-refractivity contribution in [1.29, 1.82) is 0 Å². The van der Waals surface area contributed by atoms with Gasteiger partial charge in [-0.15, -0.1) is 12.4 Å². The van der Waals surface area contributed by atoms with Gasteiger partial charge < -0.3 is 10.6 Å². The second-order valence-electron chi connectivity index (χ2n) is 4.94. The topological polar surface area (TPSA) is 46.3 Å². The molecule has 1 aromatic rings. The van der Waals surface area contributed by atoms with Gasteiger partial charge in [-0.2, -0.15) is 0 Å². The normalized spacial score (nSPS) is 10.1. The number of nitrogens with two attached hydrogens (primary N) is 1. The molecule has 1 rings (SSSR count). The first-order valence-corrected chi connectivity index (χ1v) is 7.72. The lowest BCUT2D eigenvalue weighted by Crippen LogP contribution is -2.26. The Labute approximate surface area is 140 Å². The summed E-state index contributed by atoms with van der Waals surface area (Å²) in [7, 11) is 1.71. The van der Waals surface area contributed by atoms with Crippen LogP contribution in [0, 0.1) is 5.82 Å². The van der Waals surface area contributed by atoms with Crippen molar-refractivity contribution in [1.82, 2.24) is 4.90 Å². The lowest BCUT2D eigenvalue weighted by molar-refractivity contribution is -0.130. The van der Waals surface area contributed by atoms with Crippen molar-refractivity contribution < 1.29 is 9.18 Å². The van der Waals surface area contributed by atoms with Gasteiger partial charge in [0.15, 0.2) is 0 Å². The third-order valence-electron chi connectivity index (χ3n) is 3.19. The first kappa shape index (κ1) is 20.3. The summed E-state index contributed by atoms with van der Waals surface area (Å²) in [5.74, 6) is -0.229. The number of rotatable bonds is 8. The van der Waals surface area contributed by atoms with Gasteiger partial charge >= 0.3 is 0 Å². The van der Waals surface area contributed by atoms with Crippen molar-refractivity contribution in [2.24, 2.45) is 5.73 Å². The number of halogens is 3. The van der Waals surface area contributed by atoms with E-state index in [2.05, 4.69) is 15.9 Å². The molecule has 21 heavy (non-hydrogen) atoms. The molecule has 0 aromatic heterocycles. The fraction of sp³-hybridized carbons (Fsp3) is 0.533. The number of hydrogen-bond acceptors (Lipinski definition) is 2. The molecule has 0 saturated heterocycles. The number of unbranched alkanes of at least 4 members (excludes halogenated alkanes) is 3. The predicted molar refractivity (Wildman–Crippen MR) is 90.0 cm³/mol. The van der Waals surface area contributed by atoms with Crippen LogP contribution in [-0.4, -0.2) is 24.4 Å². The van der Waals surface area contributed by atoms with Crippen molar-refractivity contribution in [3.05, 3.63) is 34.1 Å². The lowest BCUT2D eigenvalue weighted by Gasteiger charge is -2.18. The standard InChI is InChI=1S/C15H22BrFN2O.ClH/c1-19(15(20)6-4-2-3-5-9-18)11-12-10-13(16)7-8-14(12)17;/h7-8,10H,2-6,9,11,18H2,1H3;1H. The molecule has 0 aliphatic rings. The number of carbonyl (C=O) groups is 1. The van der Waals surface area contributed by atoms with Gasteiger partial charge in [0, 0.05) is 30.0 Å². The highest BCUT2D eigenvalue weighted by Gasteiger charge is 2.11. The molecule has 0 radical (unpaired) electrons. The molecule has 120 valence electrons. The molecule has 0 bridgehead atoms. The van der Waals surface area contributed by atoms with Crippen molar-refractivity contribution >= 4 is 34.2 Å². The van der Waals surface area contributed by atoms with Gasteiger partial charge in [-0.1, -0.05) is 28.8 Å². The molecule has 6 heteroatoms. The van der Waals surface area contributed by atoms with Crippen LogP contribution in [0.5, 0.6) is 0 Å². The zero-order valence-corrected chi connectivity index (χ0v) is 14.7. The van der Waals surface area contributed by atoms with Gasteiger partial charge in [0.2, 0.25) is 5.91 Å². The van der Waals surface area contributed by atoms with Crippen molar-refractivity contribution in [2.45, 2.75) is 38.6 Å². The van der Waals surface area contributed by atoms with E-state index in [0.29, 0.717) is 25.1 Å². The van der Waals surface area contributed by atoms with Crippen LogP contribution in [0.25, 0.3) is 0 Å². The zero-order valence-electron chi connectivity index (χ0n) is 12.3. The predicted octanol–water partition coefficient (Wildman–Crippen LogP) is 3.88. The molecule has 0 atom stereocenters. The number of carbonyl (C=O) groups excluding carboxylic acids is 1. The number of amides is 1. The fourth-order valence-corrected chi connectivity index (χ4v) is 2.38. The summed E-state index contributed by atoms with van der Waals surface area (Å²) in [5, 5.41) is 0. The maximum atomic E-state index is 13.6. The Balaban J connectivity index is 0.00000400. The van der Waals surface area contributed by atoms with Crippen LogP contribution in [0.1, 0.15) is 37.7 Å². The lowest BCUT2D eigenvalue weighted by atomic mass is 10.1. The van der Waals surface area contributed by atoms with E-state index >= 15 is 0 Å². The van der Waals surface area contributed by atoms with Crippen LogP contribution in [0.2, 0.25) is 0 Å². The minimum Gasteiger partial charge on any atom is -0.341 e. The molecule has 1 aromatic carbocycles. The van der Waals surface area contributed by atoms with Gasteiger partial charge in [-0.3, -0.25) is 4.79 Å². The number of nitrogens with zero attached hydrogens (tertiary/aromatic N) is 1. The van der Waals surface area contributed by atoms with Crippen LogP contribution in [-0.2, 0) is 11.3 Å².